The zero-order valence-electron chi connectivity index (χ0n) is 14.4. The van der Waals surface area contributed by atoms with Crippen molar-refractivity contribution in [1.82, 2.24) is 15.5 Å². The monoisotopic (exact) mass is 332 g/mol. The minimum atomic E-state index is 0.0198. The Bertz CT molecular complexity index is 571. The van der Waals surface area contributed by atoms with Crippen LogP contribution in [0.3, 0.4) is 0 Å². The van der Waals surface area contributed by atoms with Gasteiger partial charge >= 0.3 is 0 Å². The number of hydrogen-bond acceptors (Lipinski definition) is 3. The highest BCUT2D eigenvalue weighted by molar-refractivity contribution is 5.89. The number of hydrogen-bond donors (Lipinski definition) is 3. The lowest BCUT2D eigenvalue weighted by Crippen LogP contribution is -2.42. The van der Waals surface area contributed by atoms with Gasteiger partial charge in [-0.25, -0.2) is 0 Å². The van der Waals surface area contributed by atoms with Gasteiger partial charge in [0.15, 0.2) is 0 Å². The van der Waals surface area contributed by atoms with Crippen molar-refractivity contribution in [2.45, 2.75) is 76.7 Å². The second-order valence-corrected chi connectivity index (χ2v) is 7.36. The number of aromatic nitrogens is 2. The molecule has 0 aromatic carbocycles. The van der Waals surface area contributed by atoms with Crippen LogP contribution in [-0.2, 0) is 9.59 Å². The van der Waals surface area contributed by atoms with Crippen LogP contribution in [-0.4, -0.2) is 28.1 Å². The fourth-order valence-corrected chi connectivity index (χ4v) is 3.90. The molecule has 2 saturated carbocycles. The molecule has 2 aliphatic carbocycles. The van der Waals surface area contributed by atoms with Gasteiger partial charge in [-0.2, -0.15) is 5.10 Å². The number of aromatic amines is 1. The van der Waals surface area contributed by atoms with Crippen LogP contribution < -0.4 is 10.6 Å². The smallest absolute Gasteiger partial charge is 0.225 e. The molecule has 2 amide bonds. The maximum atomic E-state index is 12.1. The van der Waals surface area contributed by atoms with Crippen LogP contribution in [0.25, 0.3) is 0 Å². The number of carbonyl (C=O) groups is 2. The van der Waals surface area contributed by atoms with E-state index in [9.17, 15) is 9.59 Å². The first kappa shape index (κ1) is 17.0. The first-order valence-corrected chi connectivity index (χ1v) is 9.22. The number of anilines is 1. The molecule has 1 heterocycles. The standard InChI is InChI=1S/C18H28N4O2/c1-12(23)19-15-9-14(10-15)16-11-17(22-21-16)20-18(24)8-7-13-5-3-2-4-6-13/h11,13-15H,2-10H2,1H3,(H,19,23)(H2,20,21,22,24)/t14-,15+. The summed E-state index contributed by atoms with van der Waals surface area (Å²) in [6.45, 7) is 1.54. The fraction of sp³-hybridized carbons (Fsp3) is 0.722. The second kappa shape index (κ2) is 7.81. The molecule has 1 aromatic rings. The van der Waals surface area contributed by atoms with Crippen LogP contribution in [0.15, 0.2) is 6.07 Å². The Hall–Kier alpha value is -1.85. The Kier molecular flexibility index (Phi) is 5.53. The molecular weight excluding hydrogens is 304 g/mol. The van der Waals surface area contributed by atoms with Gasteiger partial charge in [0.1, 0.15) is 5.82 Å². The predicted octanol–water partition coefficient (Wildman–Crippen LogP) is 3.09. The van der Waals surface area contributed by atoms with Gasteiger partial charge in [-0.3, -0.25) is 14.7 Å². The van der Waals surface area contributed by atoms with Crippen LogP contribution in [0, 0.1) is 5.92 Å². The molecule has 0 radical (unpaired) electrons. The molecule has 132 valence electrons. The highest BCUT2D eigenvalue weighted by atomic mass is 16.2. The van der Waals surface area contributed by atoms with E-state index in [0.29, 0.717) is 18.2 Å². The summed E-state index contributed by atoms with van der Waals surface area (Å²) in [5, 5.41) is 13.1. The van der Waals surface area contributed by atoms with Crippen LogP contribution in [0.1, 0.15) is 76.3 Å². The Morgan fingerprint density at radius 3 is 2.71 bits per heavy atom. The normalized spacial score (nSPS) is 24.2. The second-order valence-electron chi connectivity index (χ2n) is 7.36. The molecule has 0 atom stereocenters. The number of nitrogens with zero attached hydrogens (tertiary/aromatic N) is 1. The molecule has 6 heteroatoms. The molecule has 24 heavy (non-hydrogen) atoms. The van der Waals surface area contributed by atoms with Gasteiger partial charge in [0, 0.05) is 31.4 Å². The summed E-state index contributed by atoms with van der Waals surface area (Å²) in [6.07, 6.45) is 9.95. The molecule has 0 unspecified atom stereocenters. The molecule has 0 saturated heterocycles. The van der Waals surface area contributed by atoms with Crippen molar-refractivity contribution >= 4 is 17.6 Å². The highest BCUT2D eigenvalue weighted by Crippen LogP contribution is 2.36. The van der Waals surface area contributed by atoms with E-state index in [2.05, 4.69) is 20.8 Å². The minimum absolute atomic E-state index is 0.0198. The lowest BCUT2D eigenvalue weighted by atomic mass is 9.78. The van der Waals surface area contributed by atoms with Crippen molar-refractivity contribution < 1.29 is 9.59 Å². The molecule has 2 aliphatic rings. The van der Waals surface area contributed by atoms with E-state index in [0.717, 1.165) is 30.9 Å². The van der Waals surface area contributed by atoms with Gasteiger partial charge in [-0.05, 0) is 25.2 Å². The molecular formula is C18H28N4O2. The number of amides is 2. The first-order chi connectivity index (χ1) is 11.6. The summed E-state index contributed by atoms with van der Waals surface area (Å²) in [6, 6.07) is 2.19. The molecule has 3 rings (SSSR count). The van der Waals surface area contributed by atoms with Gasteiger partial charge in [-0.15, -0.1) is 0 Å². The largest absolute Gasteiger partial charge is 0.354 e. The minimum Gasteiger partial charge on any atom is -0.354 e. The van der Waals surface area contributed by atoms with E-state index in [1.807, 2.05) is 6.07 Å². The Labute approximate surface area is 143 Å². The third kappa shape index (κ3) is 4.58. The van der Waals surface area contributed by atoms with E-state index in [1.54, 1.807) is 6.92 Å². The van der Waals surface area contributed by atoms with Gasteiger partial charge in [0.05, 0.1) is 5.69 Å². The molecule has 0 aliphatic heterocycles. The lowest BCUT2D eigenvalue weighted by Gasteiger charge is -2.34. The number of carbonyl (C=O) groups excluding carboxylic acids is 2. The lowest BCUT2D eigenvalue weighted by molar-refractivity contribution is -0.120. The van der Waals surface area contributed by atoms with E-state index in [4.69, 9.17) is 0 Å². The van der Waals surface area contributed by atoms with Crippen molar-refractivity contribution in [3.63, 3.8) is 0 Å². The molecule has 1 aromatic heterocycles. The van der Waals surface area contributed by atoms with Gasteiger partial charge < -0.3 is 10.6 Å². The zero-order chi connectivity index (χ0) is 16.9. The highest BCUT2D eigenvalue weighted by Gasteiger charge is 2.32. The summed E-state index contributed by atoms with van der Waals surface area (Å²) in [7, 11) is 0. The molecule has 2 fully saturated rings. The maximum absolute atomic E-state index is 12.1. The van der Waals surface area contributed by atoms with Crippen molar-refractivity contribution in [2.75, 3.05) is 5.32 Å². The molecule has 6 nitrogen and oxygen atoms in total. The average molecular weight is 332 g/mol. The number of H-pyrrole nitrogens is 1. The average Bonchev–Trinajstić information content (AvgIpc) is 2.97. The van der Waals surface area contributed by atoms with E-state index < -0.39 is 0 Å². The summed E-state index contributed by atoms with van der Waals surface area (Å²) < 4.78 is 0. The summed E-state index contributed by atoms with van der Waals surface area (Å²) in [4.78, 5) is 23.1. The van der Waals surface area contributed by atoms with Gasteiger partial charge in [-0.1, -0.05) is 32.1 Å². The van der Waals surface area contributed by atoms with Crippen molar-refractivity contribution in [3.8, 4) is 0 Å². The summed E-state index contributed by atoms with van der Waals surface area (Å²) in [5.74, 6) is 1.86. The van der Waals surface area contributed by atoms with Crippen LogP contribution in [0.4, 0.5) is 5.82 Å². The number of nitrogens with one attached hydrogen (secondary N) is 3. The maximum Gasteiger partial charge on any atom is 0.225 e. The fourth-order valence-electron chi connectivity index (χ4n) is 3.90. The molecule has 0 spiro atoms. The van der Waals surface area contributed by atoms with Crippen LogP contribution in [0.5, 0.6) is 0 Å². The Balaban J connectivity index is 1.39. The van der Waals surface area contributed by atoms with Crippen molar-refractivity contribution in [2.24, 2.45) is 5.92 Å². The van der Waals surface area contributed by atoms with E-state index in [1.165, 1.54) is 32.1 Å². The number of rotatable bonds is 6. The third-order valence-electron chi connectivity index (χ3n) is 5.34. The zero-order valence-corrected chi connectivity index (χ0v) is 14.4. The molecule has 3 N–H and O–H groups in total. The summed E-state index contributed by atoms with van der Waals surface area (Å²) >= 11 is 0. The summed E-state index contributed by atoms with van der Waals surface area (Å²) in [5.41, 5.74) is 0.971. The molecule has 0 bridgehead atoms. The topological polar surface area (TPSA) is 86.9 Å². The van der Waals surface area contributed by atoms with Crippen LogP contribution in [0.2, 0.25) is 0 Å². The quantitative estimate of drug-likeness (QED) is 0.748. The van der Waals surface area contributed by atoms with Crippen molar-refractivity contribution in [3.05, 3.63) is 11.8 Å². The van der Waals surface area contributed by atoms with E-state index >= 15 is 0 Å². The predicted molar refractivity (Wildman–Crippen MR) is 92.6 cm³/mol. The van der Waals surface area contributed by atoms with Crippen LogP contribution >= 0.6 is 0 Å². The van der Waals surface area contributed by atoms with Gasteiger partial charge in [0.25, 0.3) is 0 Å². The van der Waals surface area contributed by atoms with Crippen molar-refractivity contribution in [1.29, 1.82) is 0 Å². The van der Waals surface area contributed by atoms with Gasteiger partial charge in [0.2, 0.25) is 11.8 Å². The first-order valence-electron chi connectivity index (χ1n) is 9.22. The SMILES string of the molecule is CC(=O)N[C@H]1C[C@@H](c2cc(NC(=O)CCC3CCCCC3)[nH]n2)C1. The third-order valence-corrected chi connectivity index (χ3v) is 5.34. The Morgan fingerprint density at radius 2 is 2.00 bits per heavy atom. The Morgan fingerprint density at radius 1 is 1.25 bits per heavy atom. The van der Waals surface area contributed by atoms with E-state index in [-0.39, 0.29) is 17.9 Å².